The van der Waals surface area contributed by atoms with Crippen LogP contribution in [0.25, 0.3) is 0 Å². The van der Waals surface area contributed by atoms with Crippen molar-refractivity contribution in [3.8, 4) is 5.75 Å². The number of carbonyl (C=O) groups is 1. The van der Waals surface area contributed by atoms with Crippen molar-refractivity contribution in [2.75, 3.05) is 6.54 Å². The topological polar surface area (TPSA) is 64.3 Å². The van der Waals surface area contributed by atoms with E-state index in [1.807, 2.05) is 32.0 Å². The van der Waals surface area contributed by atoms with E-state index in [0.717, 1.165) is 16.5 Å². The number of carbonyl (C=O) groups excluding carboxylic acids is 1. The molecule has 3 N–H and O–H groups in total. The number of para-hydroxylation sites is 1. The van der Waals surface area contributed by atoms with Crippen molar-refractivity contribution in [1.29, 1.82) is 0 Å². The number of ether oxygens (including phenoxy) is 1. The van der Waals surface area contributed by atoms with Crippen molar-refractivity contribution in [3.63, 3.8) is 0 Å². The fourth-order valence-electron chi connectivity index (χ4n) is 1.82. The van der Waals surface area contributed by atoms with Crippen LogP contribution in [-0.4, -0.2) is 24.6 Å². The predicted octanol–water partition coefficient (Wildman–Crippen LogP) is 2.63. The first kappa shape index (κ1) is 17.0. The molecule has 4 nitrogen and oxygen atoms in total. The highest BCUT2D eigenvalue weighted by Crippen LogP contribution is 2.30. The molecule has 0 spiro atoms. The Hall–Kier alpha value is -1.07. The summed E-state index contributed by atoms with van der Waals surface area (Å²) in [5, 5.41) is 2.83. The Morgan fingerprint density at radius 2 is 2.15 bits per heavy atom. The molecule has 0 aliphatic carbocycles. The third-order valence-electron chi connectivity index (χ3n) is 2.80. The third kappa shape index (κ3) is 5.13. The maximum absolute atomic E-state index is 11.9. The molecule has 20 heavy (non-hydrogen) atoms. The molecular weight excluding hydrogens is 320 g/mol. The quantitative estimate of drug-likeness (QED) is 0.800. The molecule has 0 bridgehead atoms. The second-order valence-electron chi connectivity index (χ2n) is 4.96. The van der Waals surface area contributed by atoms with Gasteiger partial charge in [0.2, 0.25) is 0 Å². The fourth-order valence-corrected chi connectivity index (χ4v) is 2.32. The third-order valence-corrected chi connectivity index (χ3v) is 3.43. The van der Waals surface area contributed by atoms with E-state index in [-0.39, 0.29) is 11.9 Å². The number of benzene rings is 1. The van der Waals surface area contributed by atoms with E-state index in [2.05, 4.69) is 21.2 Å². The molecule has 1 amide bonds. The molecule has 0 saturated heterocycles. The van der Waals surface area contributed by atoms with Crippen molar-refractivity contribution >= 4 is 21.8 Å². The molecule has 0 aliphatic rings. The first-order chi connectivity index (χ1) is 9.45. The SMILES string of the molecule is CCCNC(=O)C(C)Oc1c(Br)cccc1CC(C)N. The van der Waals surface area contributed by atoms with Gasteiger partial charge in [0.25, 0.3) is 5.91 Å². The average molecular weight is 343 g/mol. The van der Waals surface area contributed by atoms with Gasteiger partial charge in [-0.2, -0.15) is 0 Å². The van der Waals surface area contributed by atoms with Gasteiger partial charge < -0.3 is 15.8 Å². The molecule has 1 rings (SSSR count). The van der Waals surface area contributed by atoms with Crippen LogP contribution >= 0.6 is 15.9 Å². The minimum atomic E-state index is -0.535. The summed E-state index contributed by atoms with van der Waals surface area (Å²) < 4.78 is 6.66. The van der Waals surface area contributed by atoms with Gasteiger partial charge in [-0.15, -0.1) is 0 Å². The Morgan fingerprint density at radius 1 is 1.45 bits per heavy atom. The highest BCUT2D eigenvalue weighted by Gasteiger charge is 2.18. The van der Waals surface area contributed by atoms with Crippen LogP contribution in [0.3, 0.4) is 0 Å². The van der Waals surface area contributed by atoms with E-state index < -0.39 is 6.10 Å². The summed E-state index contributed by atoms with van der Waals surface area (Å²) >= 11 is 3.47. The van der Waals surface area contributed by atoms with Gasteiger partial charge >= 0.3 is 0 Å². The maximum Gasteiger partial charge on any atom is 0.260 e. The van der Waals surface area contributed by atoms with Crippen LogP contribution in [0.2, 0.25) is 0 Å². The van der Waals surface area contributed by atoms with E-state index in [9.17, 15) is 4.79 Å². The molecule has 0 radical (unpaired) electrons. The van der Waals surface area contributed by atoms with Crippen molar-refractivity contribution in [1.82, 2.24) is 5.32 Å². The number of hydrogen-bond acceptors (Lipinski definition) is 3. The van der Waals surface area contributed by atoms with Crippen LogP contribution in [0.15, 0.2) is 22.7 Å². The smallest absolute Gasteiger partial charge is 0.260 e. The van der Waals surface area contributed by atoms with Crippen molar-refractivity contribution in [2.24, 2.45) is 5.73 Å². The summed E-state index contributed by atoms with van der Waals surface area (Å²) in [4.78, 5) is 11.9. The molecular formula is C15H23BrN2O2. The lowest BCUT2D eigenvalue weighted by molar-refractivity contribution is -0.127. The number of nitrogens with one attached hydrogen (secondary N) is 1. The fraction of sp³-hybridized carbons (Fsp3) is 0.533. The summed E-state index contributed by atoms with van der Waals surface area (Å²) in [5.41, 5.74) is 6.85. The molecule has 5 heteroatoms. The molecule has 0 aromatic heterocycles. The Bertz CT molecular complexity index is 449. The minimum absolute atomic E-state index is 0.0378. The number of amides is 1. The Labute approximate surface area is 129 Å². The van der Waals surface area contributed by atoms with Gasteiger partial charge in [-0.25, -0.2) is 0 Å². The van der Waals surface area contributed by atoms with E-state index >= 15 is 0 Å². The van der Waals surface area contributed by atoms with Gasteiger partial charge in [0.1, 0.15) is 5.75 Å². The highest BCUT2D eigenvalue weighted by molar-refractivity contribution is 9.10. The van der Waals surface area contributed by atoms with E-state index in [1.165, 1.54) is 0 Å². The summed E-state index contributed by atoms with van der Waals surface area (Å²) in [6.07, 6.45) is 1.08. The summed E-state index contributed by atoms with van der Waals surface area (Å²) in [5.74, 6) is 0.596. The van der Waals surface area contributed by atoms with Crippen LogP contribution in [0.5, 0.6) is 5.75 Å². The van der Waals surface area contributed by atoms with Crippen LogP contribution in [0.1, 0.15) is 32.8 Å². The van der Waals surface area contributed by atoms with Gasteiger partial charge in [0, 0.05) is 12.6 Å². The summed E-state index contributed by atoms with van der Waals surface area (Å²) in [7, 11) is 0. The normalized spacial score (nSPS) is 13.7. The van der Waals surface area contributed by atoms with Crippen molar-refractivity contribution < 1.29 is 9.53 Å². The lowest BCUT2D eigenvalue weighted by Crippen LogP contribution is -2.37. The Kier molecular flexibility index (Phi) is 7.02. The lowest BCUT2D eigenvalue weighted by atomic mass is 10.1. The molecule has 0 saturated carbocycles. The molecule has 0 fully saturated rings. The van der Waals surface area contributed by atoms with Crippen LogP contribution < -0.4 is 15.8 Å². The second-order valence-corrected chi connectivity index (χ2v) is 5.81. The minimum Gasteiger partial charge on any atom is -0.479 e. The van der Waals surface area contributed by atoms with Crippen molar-refractivity contribution in [3.05, 3.63) is 28.2 Å². The van der Waals surface area contributed by atoms with Gasteiger partial charge in [-0.3, -0.25) is 4.79 Å². The first-order valence-corrected chi connectivity index (χ1v) is 7.72. The average Bonchev–Trinajstić information content (AvgIpc) is 2.39. The monoisotopic (exact) mass is 342 g/mol. The van der Waals surface area contributed by atoms with E-state index in [1.54, 1.807) is 6.92 Å². The number of nitrogens with two attached hydrogens (primary N) is 1. The summed E-state index contributed by atoms with van der Waals surface area (Å²) in [6.45, 7) is 6.37. The van der Waals surface area contributed by atoms with Crippen LogP contribution in [0.4, 0.5) is 0 Å². The zero-order valence-electron chi connectivity index (χ0n) is 12.3. The maximum atomic E-state index is 11.9. The molecule has 112 valence electrons. The Balaban J connectivity index is 2.82. The number of rotatable bonds is 7. The second kappa shape index (κ2) is 8.27. The molecule has 2 atom stereocenters. The number of hydrogen-bond donors (Lipinski definition) is 2. The molecule has 0 aliphatic heterocycles. The first-order valence-electron chi connectivity index (χ1n) is 6.93. The zero-order valence-corrected chi connectivity index (χ0v) is 13.9. The molecule has 1 aromatic rings. The van der Waals surface area contributed by atoms with Gasteiger partial charge in [-0.1, -0.05) is 19.1 Å². The van der Waals surface area contributed by atoms with Crippen molar-refractivity contribution in [2.45, 2.75) is 45.8 Å². The van der Waals surface area contributed by atoms with Crippen LogP contribution in [-0.2, 0) is 11.2 Å². The zero-order chi connectivity index (χ0) is 15.1. The molecule has 1 aromatic carbocycles. The Morgan fingerprint density at radius 3 is 2.75 bits per heavy atom. The van der Waals surface area contributed by atoms with Crippen LogP contribution in [0, 0.1) is 0 Å². The summed E-state index contributed by atoms with van der Waals surface area (Å²) in [6, 6.07) is 5.85. The molecule has 2 unspecified atom stereocenters. The number of halogens is 1. The highest BCUT2D eigenvalue weighted by atomic mass is 79.9. The van der Waals surface area contributed by atoms with Gasteiger partial charge in [-0.05, 0) is 54.2 Å². The van der Waals surface area contributed by atoms with E-state index in [0.29, 0.717) is 18.7 Å². The predicted molar refractivity (Wildman–Crippen MR) is 84.9 cm³/mol. The standard InChI is InChI=1S/C15H23BrN2O2/c1-4-8-18-15(19)11(3)20-14-12(9-10(2)17)6-5-7-13(14)16/h5-7,10-11H,4,8-9,17H2,1-3H3,(H,18,19). The van der Waals surface area contributed by atoms with E-state index in [4.69, 9.17) is 10.5 Å². The van der Waals surface area contributed by atoms with Gasteiger partial charge in [0.15, 0.2) is 6.10 Å². The lowest BCUT2D eigenvalue weighted by Gasteiger charge is -2.19. The van der Waals surface area contributed by atoms with Gasteiger partial charge in [0.05, 0.1) is 4.47 Å². The molecule has 0 heterocycles. The largest absolute Gasteiger partial charge is 0.479 e.